The lowest BCUT2D eigenvalue weighted by molar-refractivity contribution is -0.125. The van der Waals surface area contributed by atoms with Gasteiger partial charge in [0.05, 0.1) is 0 Å². The highest BCUT2D eigenvalue weighted by Crippen LogP contribution is 2.13. The quantitative estimate of drug-likeness (QED) is 0.285. The topological polar surface area (TPSA) is 77.9 Å². The van der Waals surface area contributed by atoms with Crippen molar-refractivity contribution >= 4 is 5.91 Å². The van der Waals surface area contributed by atoms with E-state index in [1.54, 1.807) is 0 Å². The molecule has 5 nitrogen and oxygen atoms in total. The van der Waals surface area contributed by atoms with Crippen molar-refractivity contribution in [2.24, 2.45) is 11.0 Å². The maximum atomic E-state index is 11.6. The first kappa shape index (κ1) is 13.8. The molecule has 0 aromatic rings. The Labute approximate surface area is 90.9 Å². The number of hydrogen-bond acceptors (Lipinski definition) is 2. The van der Waals surface area contributed by atoms with Crippen LogP contribution < -0.4 is 5.32 Å². The monoisotopic (exact) mass is 212 g/mol. The van der Waals surface area contributed by atoms with Crippen molar-refractivity contribution in [1.82, 2.24) is 5.32 Å². The molecule has 0 bridgehead atoms. The maximum Gasteiger partial charge on any atom is 0.223 e. The summed E-state index contributed by atoms with van der Waals surface area (Å²) in [4.78, 5) is 14.3. The summed E-state index contributed by atoms with van der Waals surface area (Å²) in [5.41, 5.74) is 8.05. The molecule has 1 N–H and O–H groups in total. The van der Waals surface area contributed by atoms with Gasteiger partial charge < -0.3 is 5.32 Å². The highest BCUT2D eigenvalue weighted by Gasteiger charge is 2.15. The number of nitrogens with one attached hydrogen (secondary N) is 1. The Kier molecular flexibility index (Phi) is 8.58. The molecule has 15 heavy (non-hydrogen) atoms. The number of amides is 1. The Balaban J connectivity index is 3.85. The molecule has 0 fully saturated rings. The van der Waals surface area contributed by atoms with Gasteiger partial charge >= 0.3 is 0 Å². The normalized spacial score (nSPS) is 9.80. The fraction of sp³-hybridized carbons (Fsp3) is 0.900. The van der Waals surface area contributed by atoms with Crippen LogP contribution in [0.5, 0.6) is 0 Å². The largest absolute Gasteiger partial charge is 0.356 e. The fourth-order valence-corrected chi connectivity index (χ4v) is 1.52. The molecule has 0 rings (SSSR count). The maximum absolute atomic E-state index is 11.6. The molecule has 0 saturated heterocycles. The van der Waals surface area contributed by atoms with Crippen LogP contribution in [0.1, 0.15) is 39.5 Å². The van der Waals surface area contributed by atoms with Gasteiger partial charge in [0.25, 0.3) is 0 Å². The number of azide groups is 1. The number of nitrogens with zero attached hydrogens (tertiary/aromatic N) is 3. The SMILES string of the molecule is CCCC(CCC)C(=O)NCCN=[N+]=[N-]. The zero-order valence-corrected chi connectivity index (χ0v) is 9.57. The smallest absolute Gasteiger partial charge is 0.223 e. The van der Waals surface area contributed by atoms with E-state index in [0.29, 0.717) is 13.1 Å². The summed E-state index contributed by atoms with van der Waals surface area (Å²) in [7, 11) is 0. The van der Waals surface area contributed by atoms with Crippen LogP contribution in [0, 0.1) is 5.92 Å². The zero-order valence-electron chi connectivity index (χ0n) is 9.57. The van der Waals surface area contributed by atoms with Gasteiger partial charge in [-0.05, 0) is 18.4 Å². The van der Waals surface area contributed by atoms with Crippen molar-refractivity contribution in [3.05, 3.63) is 10.4 Å². The van der Waals surface area contributed by atoms with Gasteiger partial charge in [0.1, 0.15) is 0 Å². The van der Waals surface area contributed by atoms with Gasteiger partial charge in [0.15, 0.2) is 0 Å². The van der Waals surface area contributed by atoms with Crippen molar-refractivity contribution in [3.63, 3.8) is 0 Å². The van der Waals surface area contributed by atoms with Gasteiger partial charge in [-0.25, -0.2) is 0 Å². The number of carbonyl (C=O) groups excluding carboxylic acids is 1. The molecule has 0 saturated carbocycles. The summed E-state index contributed by atoms with van der Waals surface area (Å²) in [5, 5.41) is 6.14. The second-order valence-corrected chi connectivity index (χ2v) is 3.52. The second-order valence-electron chi connectivity index (χ2n) is 3.52. The van der Waals surface area contributed by atoms with Crippen LogP contribution in [0.25, 0.3) is 10.4 Å². The predicted octanol–water partition coefficient (Wildman–Crippen LogP) is 2.63. The lowest BCUT2D eigenvalue weighted by atomic mass is 9.97. The van der Waals surface area contributed by atoms with Gasteiger partial charge in [-0.3, -0.25) is 4.79 Å². The van der Waals surface area contributed by atoms with E-state index in [-0.39, 0.29) is 11.8 Å². The Morgan fingerprint density at radius 3 is 2.47 bits per heavy atom. The van der Waals surface area contributed by atoms with Crippen LogP contribution in [-0.2, 0) is 4.79 Å². The average molecular weight is 212 g/mol. The van der Waals surface area contributed by atoms with Gasteiger partial charge in [-0.2, -0.15) is 0 Å². The van der Waals surface area contributed by atoms with E-state index in [1.165, 1.54) is 0 Å². The molecule has 0 aromatic heterocycles. The third-order valence-electron chi connectivity index (χ3n) is 2.22. The molecular formula is C10H20N4O. The third-order valence-corrected chi connectivity index (χ3v) is 2.22. The minimum absolute atomic E-state index is 0.0897. The molecular weight excluding hydrogens is 192 g/mol. The Hall–Kier alpha value is -1.22. The van der Waals surface area contributed by atoms with E-state index in [9.17, 15) is 4.79 Å². The molecule has 0 aromatic carbocycles. The zero-order chi connectivity index (χ0) is 11.5. The van der Waals surface area contributed by atoms with Crippen LogP contribution in [0.15, 0.2) is 5.11 Å². The van der Waals surface area contributed by atoms with Crippen molar-refractivity contribution in [3.8, 4) is 0 Å². The van der Waals surface area contributed by atoms with Crippen LogP contribution in [0.2, 0.25) is 0 Å². The lowest BCUT2D eigenvalue weighted by Crippen LogP contribution is -2.32. The summed E-state index contributed by atoms with van der Waals surface area (Å²) < 4.78 is 0. The van der Waals surface area contributed by atoms with E-state index in [0.717, 1.165) is 25.7 Å². The highest BCUT2D eigenvalue weighted by atomic mass is 16.1. The van der Waals surface area contributed by atoms with Crippen molar-refractivity contribution in [1.29, 1.82) is 0 Å². The van der Waals surface area contributed by atoms with Gasteiger partial charge in [-0.15, -0.1) is 0 Å². The minimum Gasteiger partial charge on any atom is -0.356 e. The minimum atomic E-state index is 0.0897. The Morgan fingerprint density at radius 2 is 2.00 bits per heavy atom. The average Bonchev–Trinajstić information content (AvgIpc) is 2.24. The summed E-state index contributed by atoms with van der Waals surface area (Å²) in [6.07, 6.45) is 3.91. The molecule has 0 aliphatic rings. The highest BCUT2D eigenvalue weighted by molar-refractivity contribution is 5.78. The molecule has 0 atom stereocenters. The molecule has 1 amide bonds. The van der Waals surface area contributed by atoms with Crippen molar-refractivity contribution in [2.45, 2.75) is 39.5 Å². The van der Waals surface area contributed by atoms with E-state index >= 15 is 0 Å². The summed E-state index contributed by atoms with van der Waals surface area (Å²) >= 11 is 0. The van der Waals surface area contributed by atoms with Crippen LogP contribution in [0.4, 0.5) is 0 Å². The first-order valence-corrected chi connectivity index (χ1v) is 5.54. The Bertz CT molecular complexity index is 217. The molecule has 0 aliphatic heterocycles. The fourth-order valence-electron chi connectivity index (χ4n) is 1.52. The van der Waals surface area contributed by atoms with E-state index in [1.807, 2.05) is 0 Å². The molecule has 5 heteroatoms. The molecule has 0 radical (unpaired) electrons. The molecule has 0 heterocycles. The van der Waals surface area contributed by atoms with Gasteiger partial charge in [-0.1, -0.05) is 31.8 Å². The van der Waals surface area contributed by atoms with Crippen LogP contribution in [0.3, 0.4) is 0 Å². The standard InChI is InChI=1S/C10H20N4O/c1-3-5-9(6-4-2)10(15)12-7-8-13-14-11/h9H,3-8H2,1-2H3,(H,12,15). The first-order valence-electron chi connectivity index (χ1n) is 5.54. The van der Waals surface area contributed by atoms with E-state index in [4.69, 9.17) is 5.53 Å². The summed E-state index contributed by atoms with van der Waals surface area (Å²) in [6.45, 7) is 4.92. The molecule has 0 unspecified atom stereocenters. The lowest BCUT2D eigenvalue weighted by Gasteiger charge is -2.14. The van der Waals surface area contributed by atoms with E-state index in [2.05, 4.69) is 29.2 Å². The van der Waals surface area contributed by atoms with Gasteiger partial charge in [0, 0.05) is 23.9 Å². The van der Waals surface area contributed by atoms with Crippen molar-refractivity contribution in [2.75, 3.05) is 13.1 Å². The third kappa shape index (κ3) is 6.80. The summed E-state index contributed by atoms with van der Waals surface area (Å²) in [5.74, 6) is 0.206. The van der Waals surface area contributed by atoms with Crippen molar-refractivity contribution < 1.29 is 4.79 Å². The number of carbonyl (C=O) groups is 1. The number of rotatable bonds is 8. The second kappa shape index (κ2) is 9.34. The number of hydrogen-bond donors (Lipinski definition) is 1. The van der Waals surface area contributed by atoms with Crippen LogP contribution >= 0.6 is 0 Å². The van der Waals surface area contributed by atoms with Crippen LogP contribution in [-0.4, -0.2) is 19.0 Å². The molecule has 0 spiro atoms. The Morgan fingerprint density at radius 1 is 1.40 bits per heavy atom. The van der Waals surface area contributed by atoms with E-state index < -0.39 is 0 Å². The molecule has 86 valence electrons. The molecule has 0 aliphatic carbocycles. The first-order chi connectivity index (χ1) is 7.26. The van der Waals surface area contributed by atoms with Gasteiger partial charge in [0.2, 0.25) is 5.91 Å². The predicted molar refractivity (Wildman–Crippen MR) is 60.3 cm³/mol. The summed E-state index contributed by atoms with van der Waals surface area (Å²) in [6, 6.07) is 0.